The zero-order valence-corrected chi connectivity index (χ0v) is 15.8. The summed E-state index contributed by atoms with van der Waals surface area (Å²) in [5.74, 6) is -1.88. The third-order valence-corrected chi connectivity index (χ3v) is 4.67. The number of carbonyl (C=O) groups is 3. The highest BCUT2D eigenvalue weighted by atomic mass is 16.6. The first-order valence-corrected chi connectivity index (χ1v) is 9.30. The van der Waals surface area contributed by atoms with Crippen molar-refractivity contribution >= 4 is 28.6 Å². The number of carbonyl (C=O) groups excluding carboxylic acids is 2. The molecule has 1 saturated heterocycles. The maximum Gasteiger partial charge on any atom is 0.336 e. The molecular formula is C21H24N2O5. The van der Waals surface area contributed by atoms with E-state index < -0.39 is 30.1 Å². The lowest BCUT2D eigenvalue weighted by atomic mass is 10.0. The van der Waals surface area contributed by atoms with Crippen LogP contribution in [-0.2, 0) is 25.7 Å². The molecule has 0 saturated carbocycles. The molecule has 7 heteroatoms. The molecule has 2 aromatic carbocycles. The average molecular weight is 384 g/mol. The molecule has 28 heavy (non-hydrogen) atoms. The van der Waals surface area contributed by atoms with E-state index in [1.54, 1.807) is 0 Å². The van der Waals surface area contributed by atoms with Gasteiger partial charge in [-0.2, -0.15) is 0 Å². The molecule has 1 fully saturated rings. The first-order chi connectivity index (χ1) is 13.4. The summed E-state index contributed by atoms with van der Waals surface area (Å²) in [5.41, 5.74) is 0.984. The monoisotopic (exact) mass is 384 g/mol. The standard InChI is InChI=1S/C21H24N2O5/c1-12(2)10-16(23-20(25)17-18(28-17)21(26)27)19(24)22-11-14-8-5-7-13-6-3-4-9-15(13)14/h3-9,12,16-18H,10-11H2,1-2H3,(H,22,24)(H,23,25)(H,26,27)/t16-,17+,18+/m0/s1. The summed E-state index contributed by atoms with van der Waals surface area (Å²) >= 11 is 0. The van der Waals surface area contributed by atoms with Crippen molar-refractivity contribution in [2.45, 2.75) is 45.1 Å². The largest absolute Gasteiger partial charge is 0.479 e. The van der Waals surface area contributed by atoms with Crippen molar-refractivity contribution in [3.63, 3.8) is 0 Å². The van der Waals surface area contributed by atoms with Gasteiger partial charge < -0.3 is 20.5 Å². The van der Waals surface area contributed by atoms with Crippen LogP contribution in [0.2, 0.25) is 0 Å². The Morgan fingerprint density at radius 3 is 2.46 bits per heavy atom. The van der Waals surface area contributed by atoms with Crippen LogP contribution >= 0.6 is 0 Å². The molecule has 1 heterocycles. The number of aliphatic carboxylic acids is 1. The summed E-state index contributed by atoms with van der Waals surface area (Å²) in [7, 11) is 0. The Morgan fingerprint density at radius 1 is 1.07 bits per heavy atom. The number of hydrogen-bond donors (Lipinski definition) is 3. The van der Waals surface area contributed by atoms with Gasteiger partial charge in [0.2, 0.25) is 5.91 Å². The number of benzene rings is 2. The minimum atomic E-state index is -1.18. The van der Waals surface area contributed by atoms with Crippen molar-refractivity contribution < 1.29 is 24.2 Å². The van der Waals surface area contributed by atoms with Gasteiger partial charge in [-0.15, -0.1) is 0 Å². The van der Waals surface area contributed by atoms with Crippen LogP contribution < -0.4 is 10.6 Å². The first-order valence-electron chi connectivity index (χ1n) is 9.30. The number of fused-ring (bicyclic) bond motifs is 1. The molecule has 1 aliphatic heterocycles. The van der Waals surface area contributed by atoms with Crippen molar-refractivity contribution in [1.82, 2.24) is 10.6 Å². The lowest BCUT2D eigenvalue weighted by Gasteiger charge is -2.20. The highest BCUT2D eigenvalue weighted by Gasteiger charge is 2.51. The van der Waals surface area contributed by atoms with Crippen LogP contribution in [0.3, 0.4) is 0 Å². The molecule has 0 bridgehead atoms. The summed E-state index contributed by atoms with van der Waals surface area (Å²) in [5, 5.41) is 16.5. The minimum absolute atomic E-state index is 0.170. The fourth-order valence-electron chi connectivity index (χ4n) is 3.21. The molecule has 0 radical (unpaired) electrons. The summed E-state index contributed by atoms with van der Waals surface area (Å²) in [6.45, 7) is 4.23. The second kappa shape index (κ2) is 8.39. The van der Waals surface area contributed by atoms with Crippen molar-refractivity contribution in [2.24, 2.45) is 5.92 Å². The van der Waals surface area contributed by atoms with E-state index in [0.29, 0.717) is 13.0 Å². The van der Waals surface area contributed by atoms with Crippen LogP contribution in [0.25, 0.3) is 10.8 Å². The van der Waals surface area contributed by atoms with Gasteiger partial charge in [-0.1, -0.05) is 56.3 Å². The number of nitrogens with one attached hydrogen (secondary N) is 2. The van der Waals surface area contributed by atoms with Gasteiger partial charge >= 0.3 is 5.97 Å². The van der Waals surface area contributed by atoms with Gasteiger partial charge in [0.05, 0.1) is 0 Å². The highest BCUT2D eigenvalue weighted by Crippen LogP contribution is 2.23. The van der Waals surface area contributed by atoms with Crippen molar-refractivity contribution in [2.75, 3.05) is 0 Å². The maximum atomic E-state index is 12.7. The van der Waals surface area contributed by atoms with Gasteiger partial charge in [0.15, 0.2) is 12.2 Å². The summed E-state index contributed by atoms with van der Waals surface area (Å²) in [4.78, 5) is 35.7. The van der Waals surface area contributed by atoms with Crippen LogP contribution in [0.1, 0.15) is 25.8 Å². The fourth-order valence-corrected chi connectivity index (χ4v) is 3.21. The number of ether oxygens (including phenoxy) is 1. The van der Waals surface area contributed by atoms with Crippen LogP contribution in [-0.4, -0.2) is 41.1 Å². The van der Waals surface area contributed by atoms with Gasteiger partial charge in [0, 0.05) is 6.54 Å². The third-order valence-electron chi connectivity index (χ3n) is 4.67. The van der Waals surface area contributed by atoms with E-state index >= 15 is 0 Å². The van der Waals surface area contributed by atoms with Crippen molar-refractivity contribution in [3.05, 3.63) is 48.0 Å². The zero-order chi connectivity index (χ0) is 20.3. The normalized spacial score (nSPS) is 19.2. The zero-order valence-electron chi connectivity index (χ0n) is 15.8. The van der Waals surface area contributed by atoms with Crippen LogP contribution in [0.15, 0.2) is 42.5 Å². The number of epoxide rings is 1. The minimum Gasteiger partial charge on any atom is -0.479 e. The Labute approximate surface area is 163 Å². The molecule has 1 aliphatic rings. The van der Waals surface area contributed by atoms with Crippen LogP contribution in [0, 0.1) is 5.92 Å². The molecule has 2 aromatic rings. The number of amides is 2. The molecule has 3 atom stereocenters. The Kier molecular flexibility index (Phi) is 5.94. The maximum absolute atomic E-state index is 12.7. The Bertz CT molecular complexity index is 890. The molecule has 0 unspecified atom stereocenters. The Hall–Kier alpha value is -2.93. The molecule has 3 rings (SSSR count). The number of carboxylic acid groups (broad SMARTS) is 1. The topological polar surface area (TPSA) is 108 Å². The summed E-state index contributed by atoms with van der Waals surface area (Å²) in [6.07, 6.45) is -1.71. The van der Waals surface area contributed by atoms with Gasteiger partial charge in [-0.3, -0.25) is 9.59 Å². The van der Waals surface area contributed by atoms with E-state index in [1.165, 1.54) is 0 Å². The third kappa shape index (κ3) is 4.67. The molecule has 7 nitrogen and oxygen atoms in total. The second-order valence-corrected chi connectivity index (χ2v) is 7.36. The summed E-state index contributed by atoms with van der Waals surface area (Å²) < 4.78 is 4.86. The molecule has 0 aliphatic carbocycles. The number of carboxylic acids is 1. The van der Waals surface area contributed by atoms with E-state index in [4.69, 9.17) is 9.84 Å². The summed E-state index contributed by atoms with van der Waals surface area (Å²) in [6, 6.07) is 13.1. The van der Waals surface area contributed by atoms with E-state index in [0.717, 1.165) is 16.3 Å². The van der Waals surface area contributed by atoms with Crippen molar-refractivity contribution in [1.29, 1.82) is 0 Å². The fraction of sp³-hybridized carbons (Fsp3) is 0.381. The van der Waals surface area contributed by atoms with Gasteiger partial charge in [0.25, 0.3) is 5.91 Å². The highest BCUT2D eigenvalue weighted by molar-refractivity contribution is 5.95. The van der Waals surface area contributed by atoms with Crippen LogP contribution in [0.5, 0.6) is 0 Å². The van der Waals surface area contributed by atoms with Gasteiger partial charge in [-0.25, -0.2) is 4.79 Å². The predicted molar refractivity (Wildman–Crippen MR) is 103 cm³/mol. The SMILES string of the molecule is CC(C)C[C@H](NC(=O)[C@@H]1O[C@H]1C(=O)O)C(=O)NCc1cccc2ccccc12. The van der Waals surface area contributed by atoms with E-state index in [2.05, 4.69) is 10.6 Å². The van der Waals surface area contributed by atoms with E-state index in [-0.39, 0.29) is 11.8 Å². The lowest BCUT2D eigenvalue weighted by Crippen LogP contribution is -2.48. The Balaban J connectivity index is 1.64. The second-order valence-electron chi connectivity index (χ2n) is 7.36. The average Bonchev–Trinajstić information content (AvgIpc) is 3.46. The molecular weight excluding hydrogens is 360 g/mol. The van der Waals surface area contributed by atoms with Crippen LogP contribution in [0.4, 0.5) is 0 Å². The molecule has 2 amide bonds. The molecule has 0 spiro atoms. The van der Waals surface area contributed by atoms with Crippen molar-refractivity contribution in [3.8, 4) is 0 Å². The van der Waals surface area contributed by atoms with Gasteiger partial charge in [-0.05, 0) is 28.7 Å². The smallest absolute Gasteiger partial charge is 0.336 e. The van der Waals surface area contributed by atoms with E-state index in [9.17, 15) is 14.4 Å². The Morgan fingerprint density at radius 2 is 1.79 bits per heavy atom. The van der Waals surface area contributed by atoms with E-state index in [1.807, 2.05) is 56.3 Å². The predicted octanol–water partition coefficient (Wildman–Crippen LogP) is 1.84. The quantitative estimate of drug-likeness (QED) is 0.602. The lowest BCUT2D eigenvalue weighted by molar-refractivity contribution is -0.138. The number of rotatable bonds is 8. The molecule has 148 valence electrons. The first kappa shape index (κ1) is 19.8. The molecule has 3 N–H and O–H groups in total. The number of hydrogen-bond acceptors (Lipinski definition) is 4. The van der Waals surface area contributed by atoms with Gasteiger partial charge in [0.1, 0.15) is 6.04 Å². The molecule has 0 aromatic heterocycles.